The molecule has 25 heavy (non-hydrogen) atoms. The summed E-state index contributed by atoms with van der Waals surface area (Å²) in [6.07, 6.45) is 12.1. The van der Waals surface area contributed by atoms with E-state index in [0.29, 0.717) is 25.7 Å². The number of carboxylic acid groups (broad SMARTS) is 1. The standard InChI is InChI=1S/C20H32O5/c1-2-3-6-9-15(21)12-13-17-16(18(22)14-19(17)23)10-7-4-5-8-11-20(24)25/h4,7,12-13,15-17,19,21,23H,2-3,5-6,8-11,14H2,1H3,(H,24,25)/b7-4+,13-12?/t15-,16+,17+,19+/m0/s1. The zero-order chi connectivity index (χ0) is 18.7. The van der Waals surface area contributed by atoms with Crippen LogP contribution in [0.4, 0.5) is 0 Å². The van der Waals surface area contributed by atoms with E-state index in [1.165, 1.54) is 0 Å². The van der Waals surface area contributed by atoms with Crippen LogP contribution in [0.3, 0.4) is 0 Å². The normalized spacial score (nSPS) is 25.2. The van der Waals surface area contributed by atoms with Crippen molar-refractivity contribution in [2.45, 2.75) is 76.9 Å². The van der Waals surface area contributed by atoms with E-state index < -0.39 is 18.2 Å². The maximum atomic E-state index is 12.1. The third kappa shape index (κ3) is 8.45. The summed E-state index contributed by atoms with van der Waals surface area (Å²) in [6, 6.07) is 0. The van der Waals surface area contributed by atoms with Gasteiger partial charge in [0.05, 0.1) is 12.2 Å². The summed E-state index contributed by atoms with van der Waals surface area (Å²) < 4.78 is 0. The topological polar surface area (TPSA) is 94.8 Å². The first-order valence-corrected chi connectivity index (χ1v) is 9.39. The van der Waals surface area contributed by atoms with Crippen molar-refractivity contribution in [1.82, 2.24) is 0 Å². The number of rotatable bonds is 12. The molecule has 0 aromatic carbocycles. The van der Waals surface area contributed by atoms with Crippen molar-refractivity contribution < 1.29 is 24.9 Å². The fourth-order valence-corrected chi connectivity index (χ4v) is 3.22. The molecule has 1 saturated carbocycles. The van der Waals surface area contributed by atoms with Crippen molar-refractivity contribution in [2.75, 3.05) is 0 Å². The Morgan fingerprint density at radius 3 is 2.72 bits per heavy atom. The summed E-state index contributed by atoms with van der Waals surface area (Å²) in [7, 11) is 0. The van der Waals surface area contributed by atoms with Gasteiger partial charge in [-0.3, -0.25) is 9.59 Å². The Labute approximate surface area is 150 Å². The highest BCUT2D eigenvalue weighted by molar-refractivity contribution is 5.84. The van der Waals surface area contributed by atoms with Crippen LogP contribution in [-0.4, -0.2) is 39.3 Å². The lowest BCUT2D eigenvalue weighted by Crippen LogP contribution is -2.18. The Morgan fingerprint density at radius 1 is 1.28 bits per heavy atom. The number of allylic oxidation sites excluding steroid dienone is 2. The first kappa shape index (κ1) is 21.6. The van der Waals surface area contributed by atoms with Gasteiger partial charge in [0, 0.05) is 24.7 Å². The minimum Gasteiger partial charge on any atom is -0.481 e. The summed E-state index contributed by atoms with van der Waals surface area (Å²) in [5.74, 6) is -1.26. The highest BCUT2D eigenvalue weighted by Gasteiger charge is 2.39. The fourth-order valence-electron chi connectivity index (χ4n) is 3.22. The average molecular weight is 352 g/mol. The van der Waals surface area contributed by atoms with Crippen molar-refractivity contribution in [3.05, 3.63) is 24.3 Å². The van der Waals surface area contributed by atoms with Gasteiger partial charge in [0.15, 0.2) is 0 Å². The van der Waals surface area contributed by atoms with E-state index >= 15 is 0 Å². The fraction of sp³-hybridized carbons (Fsp3) is 0.700. The molecule has 0 heterocycles. The number of unbranched alkanes of at least 4 members (excludes halogenated alkanes) is 3. The molecular formula is C20H32O5. The third-order valence-electron chi connectivity index (χ3n) is 4.71. The second kappa shape index (κ2) is 12.0. The van der Waals surface area contributed by atoms with Gasteiger partial charge < -0.3 is 15.3 Å². The van der Waals surface area contributed by atoms with Crippen LogP contribution < -0.4 is 0 Å². The number of hydrogen-bond acceptors (Lipinski definition) is 4. The number of aliphatic hydroxyl groups is 2. The smallest absolute Gasteiger partial charge is 0.303 e. The predicted octanol–water partition coefficient (Wildman–Crippen LogP) is 3.25. The molecule has 0 bridgehead atoms. The molecule has 4 atom stereocenters. The molecule has 0 radical (unpaired) electrons. The second-order valence-electron chi connectivity index (χ2n) is 6.86. The van der Waals surface area contributed by atoms with E-state index in [9.17, 15) is 19.8 Å². The number of carboxylic acids is 1. The molecule has 1 aliphatic rings. The SMILES string of the molecule is CCCCC[C@H](O)C=C[C@H]1[C@H](O)CC(=O)[C@@H]1C/C=C/CCCC(=O)O. The van der Waals surface area contributed by atoms with Gasteiger partial charge in [-0.05, 0) is 25.7 Å². The zero-order valence-corrected chi connectivity index (χ0v) is 15.1. The van der Waals surface area contributed by atoms with Crippen LogP contribution in [0.5, 0.6) is 0 Å². The molecule has 1 rings (SSSR count). The van der Waals surface area contributed by atoms with Gasteiger partial charge in [-0.25, -0.2) is 0 Å². The van der Waals surface area contributed by atoms with Gasteiger partial charge in [-0.1, -0.05) is 50.5 Å². The van der Waals surface area contributed by atoms with Gasteiger partial charge in [0.25, 0.3) is 0 Å². The first-order chi connectivity index (χ1) is 12.0. The molecule has 1 aliphatic carbocycles. The van der Waals surface area contributed by atoms with Crippen molar-refractivity contribution in [2.24, 2.45) is 11.8 Å². The van der Waals surface area contributed by atoms with Crippen LogP contribution >= 0.6 is 0 Å². The van der Waals surface area contributed by atoms with E-state index in [1.807, 2.05) is 12.2 Å². The number of carbonyl (C=O) groups is 2. The molecule has 0 unspecified atom stereocenters. The molecule has 142 valence electrons. The van der Waals surface area contributed by atoms with Crippen molar-refractivity contribution in [1.29, 1.82) is 0 Å². The first-order valence-electron chi connectivity index (χ1n) is 9.39. The Bertz CT molecular complexity index is 469. The molecule has 0 saturated heterocycles. The number of carbonyl (C=O) groups excluding carboxylic acids is 1. The molecule has 1 fully saturated rings. The molecule has 5 nitrogen and oxygen atoms in total. The summed E-state index contributed by atoms with van der Waals surface area (Å²) in [5, 5.41) is 28.7. The Kier molecular flexibility index (Phi) is 10.3. The molecule has 0 spiro atoms. The minimum atomic E-state index is -0.801. The molecule has 5 heteroatoms. The summed E-state index contributed by atoms with van der Waals surface area (Å²) in [4.78, 5) is 22.5. The second-order valence-corrected chi connectivity index (χ2v) is 6.86. The van der Waals surface area contributed by atoms with E-state index in [0.717, 1.165) is 19.3 Å². The molecule has 3 N–H and O–H groups in total. The maximum Gasteiger partial charge on any atom is 0.303 e. The zero-order valence-electron chi connectivity index (χ0n) is 15.1. The third-order valence-corrected chi connectivity index (χ3v) is 4.71. The van der Waals surface area contributed by atoms with Crippen LogP contribution in [0.1, 0.15) is 64.7 Å². The van der Waals surface area contributed by atoms with Crippen LogP contribution in [0, 0.1) is 11.8 Å². The molecular weight excluding hydrogens is 320 g/mol. The number of ketones is 1. The molecule has 0 aliphatic heterocycles. The van der Waals surface area contributed by atoms with E-state index in [1.54, 1.807) is 12.2 Å². The predicted molar refractivity (Wildman–Crippen MR) is 97.1 cm³/mol. The Balaban J connectivity index is 2.48. The quantitative estimate of drug-likeness (QED) is 0.370. The maximum absolute atomic E-state index is 12.1. The van der Waals surface area contributed by atoms with Crippen molar-refractivity contribution >= 4 is 11.8 Å². The number of aliphatic hydroxyl groups excluding tert-OH is 2. The summed E-state index contributed by atoms with van der Waals surface area (Å²) in [5.41, 5.74) is 0. The van der Waals surface area contributed by atoms with E-state index in [-0.39, 0.29) is 30.5 Å². The number of aliphatic carboxylic acids is 1. The average Bonchev–Trinajstić information content (AvgIpc) is 2.82. The highest BCUT2D eigenvalue weighted by Crippen LogP contribution is 2.33. The van der Waals surface area contributed by atoms with E-state index in [2.05, 4.69) is 6.92 Å². The summed E-state index contributed by atoms with van der Waals surface area (Å²) >= 11 is 0. The lowest BCUT2D eigenvalue weighted by molar-refractivity contribution is -0.137. The Morgan fingerprint density at radius 2 is 2.04 bits per heavy atom. The van der Waals surface area contributed by atoms with Crippen LogP contribution in [-0.2, 0) is 9.59 Å². The minimum absolute atomic E-state index is 0.0535. The van der Waals surface area contributed by atoms with Crippen molar-refractivity contribution in [3.63, 3.8) is 0 Å². The molecule has 0 aromatic heterocycles. The Hall–Kier alpha value is -1.46. The summed E-state index contributed by atoms with van der Waals surface area (Å²) in [6.45, 7) is 2.11. The van der Waals surface area contributed by atoms with Gasteiger partial charge in [-0.15, -0.1) is 0 Å². The lowest BCUT2D eigenvalue weighted by Gasteiger charge is -2.16. The molecule has 0 aromatic rings. The molecule has 0 amide bonds. The van der Waals surface area contributed by atoms with Gasteiger partial charge in [0.1, 0.15) is 5.78 Å². The monoisotopic (exact) mass is 352 g/mol. The van der Waals surface area contributed by atoms with Crippen LogP contribution in [0.2, 0.25) is 0 Å². The van der Waals surface area contributed by atoms with Crippen LogP contribution in [0.15, 0.2) is 24.3 Å². The lowest BCUT2D eigenvalue weighted by atomic mass is 9.90. The van der Waals surface area contributed by atoms with Crippen molar-refractivity contribution in [3.8, 4) is 0 Å². The van der Waals surface area contributed by atoms with Crippen LogP contribution in [0.25, 0.3) is 0 Å². The number of Topliss-reactive ketones (excluding diaryl/α,β-unsaturated/α-hetero) is 1. The van der Waals surface area contributed by atoms with Gasteiger partial charge >= 0.3 is 5.97 Å². The van der Waals surface area contributed by atoms with Gasteiger partial charge in [-0.2, -0.15) is 0 Å². The van der Waals surface area contributed by atoms with E-state index in [4.69, 9.17) is 5.11 Å². The highest BCUT2D eigenvalue weighted by atomic mass is 16.4. The largest absolute Gasteiger partial charge is 0.481 e. The number of hydrogen-bond donors (Lipinski definition) is 3. The van der Waals surface area contributed by atoms with Gasteiger partial charge in [0.2, 0.25) is 0 Å².